The summed E-state index contributed by atoms with van der Waals surface area (Å²) < 4.78 is 8.65. The Bertz CT molecular complexity index is 879. The second-order valence-electron chi connectivity index (χ2n) is 5.47. The van der Waals surface area contributed by atoms with Gasteiger partial charge in [-0.15, -0.1) is 10.2 Å². The predicted molar refractivity (Wildman–Crippen MR) is 105 cm³/mol. The zero-order chi connectivity index (χ0) is 18.2. The lowest BCUT2D eigenvalue weighted by Gasteiger charge is -2.12. The van der Waals surface area contributed by atoms with Crippen LogP contribution >= 0.6 is 15.9 Å². The molecule has 136 valence electrons. The molecule has 2 N–H and O–H groups in total. The highest BCUT2D eigenvalue weighted by molar-refractivity contribution is 9.10. The number of nitrogens with one attached hydrogen (secondary N) is 2. The smallest absolute Gasteiger partial charge is 0.191 e. The zero-order valence-corrected chi connectivity index (χ0v) is 16.1. The first kappa shape index (κ1) is 18.2. The summed E-state index contributed by atoms with van der Waals surface area (Å²) in [4.78, 5) is 4.57. The van der Waals surface area contributed by atoms with Crippen molar-refractivity contribution in [2.45, 2.75) is 13.5 Å². The second-order valence-corrected chi connectivity index (χ2v) is 6.39. The minimum atomic E-state index is 0.438. The third-order valence-electron chi connectivity index (χ3n) is 3.57. The van der Waals surface area contributed by atoms with Crippen molar-refractivity contribution >= 4 is 27.5 Å². The summed E-state index contributed by atoms with van der Waals surface area (Å²) in [6, 6.07) is 13.6. The molecule has 7 nitrogen and oxygen atoms in total. The van der Waals surface area contributed by atoms with Gasteiger partial charge in [-0.05, 0) is 37.3 Å². The van der Waals surface area contributed by atoms with Gasteiger partial charge in [0.05, 0.1) is 6.54 Å². The van der Waals surface area contributed by atoms with Gasteiger partial charge in [-0.3, -0.25) is 4.40 Å². The van der Waals surface area contributed by atoms with Gasteiger partial charge in [0.25, 0.3) is 0 Å². The van der Waals surface area contributed by atoms with Crippen LogP contribution in [0, 0.1) is 0 Å². The summed E-state index contributed by atoms with van der Waals surface area (Å²) >= 11 is 3.43. The number of aromatic nitrogens is 3. The number of ether oxygens (including phenoxy) is 1. The number of halogens is 1. The van der Waals surface area contributed by atoms with E-state index in [1.165, 1.54) is 0 Å². The fraction of sp³-hybridized carbons (Fsp3) is 0.278. The van der Waals surface area contributed by atoms with Crippen molar-refractivity contribution in [3.8, 4) is 5.75 Å². The van der Waals surface area contributed by atoms with E-state index >= 15 is 0 Å². The van der Waals surface area contributed by atoms with Gasteiger partial charge in [-0.1, -0.05) is 28.1 Å². The third kappa shape index (κ3) is 4.95. The van der Waals surface area contributed by atoms with Crippen LogP contribution in [0.2, 0.25) is 0 Å². The number of hydrogen-bond donors (Lipinski definition) is 2. The van der Waals surface area contributed by atoms with E-state index in [4.69, 9.17) is 4.74 Å². The van der Waals surface area contributed by atoms with Gasteiger partial charge in [-0.2, -0.15) is 0 Å². The number of rotatable bonds is 7. The van der Waals surface area contributed by atoms with Crippen LogP contribution in [0.3, 0.4) is 0 Å². The second kappa shape index (κ2) is 9.19. The number of aliphatic imine (C=N–C) groups is 1. The highest BCUT2D eigenvalue weighted by Gasteiger charge is 2.04. The summed E-state index contributed by atoms with van der Waals surface area (Å²) in [7, 11) is 0. The van der Waals surface area contributed by atoms with Crippen LogP contribution in [0.1, 0.15) is 12.7 Å². The molecule has 26 heavy (non-hydrogen) atoms. The Kier molecular flexibility index (Phi) is 6.43. The van der Waals surface area contributed by atoms with E-state index in [0.717, 1.165) is 34.2 Å². The molecule has 0 fully saturated rings. The van der Waals surface area contributed by atoms with Crippen LogP contribution in [-0.4, -0.2) is 40.3 Å². The number of pyridine rings is 1. The van der Waals surface area contributed by atoms with Gasteiger partial charge < -0.3 is 15.4 Å². The maximum absolute atomic E-state index is 5.72. The molecular formula is C18H21BrN6O. The Morgan fingerprint density at radius 1 is 1.19 bits per heavy atom. The lowest BCUT2D eigenvalue weighted by molar-refractivity contribution is 0.321. The average molecular weight is 417 g/mol. The van der Waals surface area contributed by atoms with Gasteiger partial charge in [0, 0.05) is 17.2 Å². The lowest BCUT2D eigenvalue weighted by atomic mass is 10.3. The molecule has 0 bridgehead atoms. The maximum atomic E-state index is 5.72. The fourth-order valence-electron chi connectivity index (χ4n) is 2.39. The van der Waals surface area contributed by atoms with Crippen LogP contribution in [-0.2, 0) is 6.54 Å². The summed E-state index contributed by atoms with van der Waals surface area (Å²) in [5, 5.41) is 14.8. The van der Waals surface area contributed by atoms with Gasteiger partial charge >= 0.3 is 0 Å². The Labute approximate surface area is 160 Å². The van der Waals surface area contributed by atoms with Gasteiger partial charge in [0.15, 0.2) is 17.4 Å². The van der Waals surface area contributed by atoms with Gasteiger partial charge in [-0.25, -0.2) is 4.99 Å². The minimum absolute atomic E-state index is 0.438. The molecule has 0 amide bonds. The molecule has 3 rings (SSSR count). The first-order valence-corrected chi connectivity index (χ1v) is 9.25. The monoisotopic (exact) mass is 416 g/mol. The highest BCUT2D eigenvalue weighted by atomic mass is 79.9. The molecule has 0 unspecified atom stereocenters. The predicted octanol–water partition coefficient (Wildman–Crippen LogP) is 2.63. The summed E-state index contributed by atoms with van der Waals surface area (Å²) in [6.45, 7) is 4.42. The van der Waals surface area contributed by atoms with E-state index in [1.807, 2.05) is 60.0 Å². The molecule has 0 saturated heterocycles. The topological polar surface area (TPSA) is 75.8 Å². The zero-order valence-electron chi connectivity index (χ0n) is 14.5. The number of fused-ring (bicyclic) bond motifs is 1. The van der Waals surface area contributed by atoms with Crippen LogP contribution in [0.25, 0.3) is 5.65 Å². The third-order valence-corrected chi connectivity index (χ3v) is 4.06. The van der Waals surface area contributed by atoms with E-state index < -0.39 is 0 Å². The number of hydrogen-bond acceptors (Lipinski definition) is 4. The van der Waals surface area contributed by atoms with E-state index in [9.17, 15) is 0 Å². The van der Waals surface area contributed by atoms with E-state index in [0.29, 0.717) is 19.7 Å². The number of benzene rings is 1. The largest absolute Gasteiger partial charge is 0.492 e. The molecule has 0 saturated carbocycles. The van der Waals surface area contributed by atoms with Crippen LogP contribution < -0.4 is 15.4 Å². The lowest BCUT2D eigenvalue weighted by Crippen LogP contribution is -2.39. The van der Waals surface area contributed by atoms with Crippen molar-refractivity contribution < 1.29 is 4.74 Å². The van der Waals surface area contributed by atoms with Crippen molar-refractivity contribution in [2.24, 2.45) is 4.99 Å². The summed E-state index contributed by atoms with van der Waals surface area (Å²) in [5.74, 6) is 2.35. The van der Waals surface area contributed by atoms with Crippen LogP contribution in [0.4, 0.5) is 0 Å². The molecule has 1 aromatic carbocycles. The van der Waals surface area contributed by atoms with Crippen molar-refractivity contribution in [3.05, 3.63) is 59.0 Å². The van der Waals surface area contributed by atoms with Crippen LogP contribution in [0.5, 0.6) is 5.75 Å². The summed E-state index contributed by atoms with van der Waals surface area (Å²) in [6.07, 6.45) is 1.94. The molecule has 0 aliphatic carbocycles. The molecule has 3 aromatic rings. The normalized spacial score (nSPS) is 11.5. The molecule has 2 heterocycles. The van der Waals surface area contributed by atoms with E-state index in [2.05, 4.69) is 41.8 Å². The number of guanidine groups is 1. The molecule has 0 aliphatic rings. The summed E-state index contributed by atoms with van der Waals surface area (Å²) in [5.41, 5.74) is 0.818. The molecule has 0 spiro atoms. The molecular weight excluding hydrogens is 396 g/mol. The number of nitrogens with zero attached hydrogens (tertiary/aromatic N) is 4. The fourth-order valence-corrected chi connectivity index (χ4v) is 2.76. The van der Waals surface area contributed by atoms with E-state index in [-0.39, 0.29) is 0 Å². The average Bonchev–Trinajstić information content (AvgIpc) is 3.06. The van der Waals surface area contributed by atoms with Crippen LogP contribution in [0.15, 0.2) is 58.1 Å². The minimum Gasteiger partial charge on any atom is -0.492 e. The Morgan fingerprint density at radius 2 is 2.12 bits per heavy atom. The molecule has 0 atom stereocenters. The first-order valence-electron chi connectivity index (χ1n) is 8.45. The molecule has 8 heteroatoms. The Morgan fingerprint density at radius 3 is 2.96 bits per heavy atom. The Hall–Kier alpha value is -2.61. The maximum Gasteiger partial charge on any atom is 0.191 e. The SMILES string of the molecule is CCNC(=NCc1nnc2ccccn12)NCCOc1cccc(Br)c1. The molecule has 0 aliphatic heterocycles. The van der Waals surface area contributed by atoms with Crippen molar-refractivity contribution in [1.82, 2.24) is 25.2 Å². The Balaban J connectivity index is 1.54. The molecule has 2 aromatic heterocycles. The quantitative estimate of drug-likeness (QED) is 0.351. The molecule has 0 radical (unpaired) electrons. The highest BCUT2D eigenvalue weighted by Crippen LogP contribution is 2.17. The van der Waals surface area contributed by atoms with Crippen molar-refractivity contribution in [1.29, 1.82) is 0 Å². The first-order chi connectivity index (χ1) is 12.8. The van der Waals surface area contributed by atoms with Gasteiger partial charge in [0.2, 0.25) is 0 Å². The van der Waals surface area contributed by atoms with Crippen molar-refractivity contribution in [3.63, 3.8) is 0 Å². The van der Waals surface area contributed by atoms with Gasteiger partial charge in [0.1, 0.15) is 18.9 Å². The van der Waals surface area contributed by atoms with E-state index in [1.54, 1.807) is 0 Å². The van der Waals surface area contributed by atoms with Crippen molar-refractivity contribution in [2.75, 3.05) is 19.7 Å². The standard InChI is InChI=1S/C18H21BrN6O/c1-2-20-18(21-9-11-26-15-7-5-6-14(19)12-15)22-13-17-24-23-16-8-3-4-10-25(16)17/h3-8,10,12H,2,9,11,13H2,1H3,(H2,20,21,22).